The molecule has 3 rings (SSSR count). The van der Waals surface area contributed by atoms with E-state index in [2.05, 4.69) is 35.8 Å². The monoisotopic (exact) mass is 274 g/mol. The molecule has 2 N–H and O–H groups in total. The van der Waals surface area contributed by atoms with E-state index in [1.54, 1.807) is 0 Å². The molecule has 0 spiro atoms. The average molecular weight is 274 g/mol. The minimum absolute atomic E-state index is 0.506. The van der Waals surface area contributed by atoms with E-state index in [9.17, 15) is 0 Å². The largest absolute Gasteiger partial charge is 0.493 e. The molecule has 3 nitrogen and oxygen atoms in total. The van der Waals surface area contributed by atoms with E-state index in [4.69, 9.17) is 4.74 Å². The topological polar surface area (TPSA) is 33.3 Å². The van der Waals surface area contributed by atoms with Crippen molar-refractivity contribution in [2.24, 2.45) is 0 Å². The molecule has 3 heteroatoms. The van der Waals surface area contributed by atoms with Gasteiger partial charge in [-0.15, -0.1) is 0 Å². The fourth-order valence-corrected chi connectivity index (χ4v) is 3.35. The molecule has 20 heavy (non-hydrogen) atoms. The summed E-state index contributed by atoms with van der Waals surface area (Å²) >= 11 is 0. The Hall–Kier alpha value is -1.22. The highest BCUT2D eigenvalue weighted by atomic mass is 16.5. The summed E-state index contributed by atoms with van der Waals surface area (Å²) in [6.07, 6.45) is 7.67. The Balaban J connectivity index is 1.54. The maximum Gasteiger partial charge on any atom is 0.122 e. The van der Waals surface area contributed by atoms with Gasteiger partial charge in [-0.25, -0.2) is 0 Å². The Morgan fingerprint density at radius 2 is 2.30 bits per heavy atom. The Morgan fingerprint density at radius 3 is 3.25 bits per heavy atom. The van der Waals surface area contributed by atoms with Crippen LogP contribution in [0.3, 0.4) is 0 Å². The molecule has 0 aromatic heterocycles. The van der Waals surface area contributed by atoms with Crippen LogP contribution in [0.15, 0.2) is 18.2 Å². The highest BCUT2D eigenvalue weighted by Gasteiger charge is 2.16. The molecule has 2 heterocycles. The maximum atomic E-state index is 5.56. The summed E-state index contributed by atoms with van der Waals surface area (Å²) in [5.74, 6) is 1.06. The fourth-order valence-electron chi connectivity index (χ4n) is 3.35. The normalized spacial score (nSPS) is 23.6. The lowest BCUT2D eigenvalue weighted by atomic mass is 10.0. The molecule has 2 atom stereocenters. The van der Waals surface area contributed by atoms with Gasteiger partial charge >= 0.3 is 0 Å². The Labute approximate surface area is 122 Å². The molecule has 0 amide bonds. The van der Waals surface area contributed by atoms with Crippen molar-refractivity contribution < 1.29 is 4.74 Å². The van der Waals surface area contributed by atoms with E-state index in [0.29, 0.717) is 12.1 Å². The summed E-state index contributed by atoms with van der Waals surface area (Å²) in [5, 5.41) is 7.32. The van der Waals surface area contributed by atoms with Crippen molar-refractivity contribution in [1.82, 2.24) is 5.32 Å². The van der Waals surface area contributed by atoms with E-state index in [1.165, 1.54) is 49.9 Å². The first-order chi connectivity index (χ1) is 9.81. The van der Waals surface area contributed by atoms with Crippen LogP contribution in [-0.2, 0) is 6.42 Å². The zero-order valence-corrected chi connectivity index (χ0v) is 12.5. The van der Waals surface area contributed by atoms with Crippen molar-refractivity contribution in [2.45, 2.75) is 57.5 Å². The number of nitrogens with one attached hydrogen (secondary N) is 2. The molecular weight excluding hydrogens is 248 g/mol. The van der Waals surface area contributed by atoms with E-state index in [0.717, 1.165) is 18.8 Å². The summed E-state index contributed by atoms with van der Waals surface area (Å²) in [6, 6.07) is 7.67. The first-order valence-electron chi connectivity index (χ1n) is 8.07. The molecule has 1 saturated heterocycles. The second kappa shape index (κ2) is 6.49. The quantitative estimate of drug-likeness (QED) is 0.883. The van der Waals surface area contributed by atoms with Crippen molar-refractivity contribution >= 4 is 5.69 Å². The van der Waals surface area contributed by atoms with Gasteiger partial charge in [0, 0.05) is 24.2 Å². The zero-order valence-electron chi connectivity index (χ0n) is 12.5. The number of benzene rings is 1. The van der Waals surface area contributed by atoms with Crippen LogP contribution in [0.2, 0.25) is 0 Å². The molecule has 1 aromatic carbocycles. The first-order valence-corrected chi connectivity index (χ1v) is 8.07. The number of ether oxygens (including phenoxy) is 1. The van der Waals surface area contributed by atoms with E-state index >= 15 is 0 Å². The fraction of sp³-hybridized carbons (Fsp3) is 0.647. The molecule has 0 bridgehead atoms. The van der Waals surface area contributed by atoms with Gasteiger partial charge in [0.25, 0.3) is 0 Å². The van der Waals surface area contributed by atoms with Gasteiger partial charge in [-0.2, -0.15) is 0 Å². The summed E-state index contributed by atoms with van der Waals surface area (Å²) in [5.41, 5.74) is 2.57. The molecule has 110 valence electrons. The van der Waals surface area contributed by atoms with Gasteiger partial charge in [-0.05, 0) is 56.5 Å². The van der Waals surface area contributed by atoms with Crippen LogP contribution in [-0.4, -0.2) is 25.2 Å². The Morgan fingerprint density at radius 1 is 1.35 bits per heavy atom. The van der Waals surface area contributed by atoms with Crippen molar-refractivity contribution in [3.8, 4) is 5.75 Å². The summed E-state index contributed by atoms with van der Waals surface area (Å²) in [6.45, 7) is 4.31. The number of fused-ring (bicyclic) bond motifs is 1. The van der Waals surface area contributed by atoms with Crippen LogP contribution in [0.25, 0.3) is 0 Å². The highest BCUT2D eigenvalue weighted by Crippen LogP contribution is 2.28. The molecule has 0 radical (unpaired) electrons. The van der Waals surface area contributed by atoms with Gasteiger partial charge in [-0.3, -0.25) is 0 Å². The van der Waals surface area contributed by atoms with Crippen molar-refractivity contribution in [3.63, 3.8) is 0 Å². The molecule has 0 aliphatic carbocycles. The number of anilines is 1. The maximum absolute atomic E-state index is 5.56. The predicted molar refractivity (Wildman–Crippen MR) is 83.6 cm³/mol. The second-order valence-electron chi connectivity index (χ2n) is 6.20. The number of rotatable bonds is 4. The smallest absolute Gasteiger partial charge is 0.122 e. The van der Waals surface area contributed by atoms with Gasteiger partial charge in [-0.1, -0.05) is 12.8 Å². The third-order valence-corrected chi connectivity index (χ3v) is 4.40. The van der Waals surface area contributed by atoms with Gasteiger partial charge < -0.3 is 15.4 Å². The van der Waals surface area contributed by atoms with Crippen molar-refractivity contribution in [3.05, 3.63) is 23.8 Å². The SMILES string of the molecule is CC(CC1CCCCCN1)Nc1ccc2c(c1)CCO2. The van der Waals surface area contributed by atoms with E-state index in [-0.39, 0.29) is 0 Å². The van der Waals surface area contributed by atoms with Gasteiger partial charge in [0.1, 0.15) is 5.75 Å². The second-order valence-corrected chi connectivity index (χ2v) is 6.20. The average Bonchev–Trinajstić information content (AvgIpc) is 2.75. The first kappa shape index (κ1) is 13.7. The molecule has 2 aliphatic heterocycles. The van der Waals surface area contributed by atoms with Crippen molar-refractivity contribution in [1.29, 1.82) is 0 Å². The zero-order chi connectivity index (χ0) is 13.8. The highest BCUT2D eigenvalue weighted by molar-refractivity contribution is 5.52. The molecule has 1 fully saturated rings. The summed E-state index contributed by atoms with van der Waals surface area (Å²) < 4.78 is 5.56. The van der Waals surface area contributed by atoms with E-state index in [1.807, 2.05) is 0 Å². The van der Waals surface area contributed by atoms with Crippen LogP contribution in [0.1, 0.15) is 44.6 Å². The molecule has 2 aliphatic rings. The van der Waals surface area contributed by atoms with E-state index < -0.39 is 0 Å². The number of hydrogen-bond acceptors (Lipinski definition) is 3. The Bertz CT molecular complexity index is 439. The standard InChI is InChI=1S/C17H26N2O/c1-13(11-15-5-3-2-4-9-18-15)19-16-6-7-17-14(12-16)8-10-20-17/h6-7,12-13,15,18-19H,2-5,8-11H2,1H3. The molecule has 0 saturated carbocycles. The van der Waals surface area contributed by atoms with Crippen LogP contribution >= 0.6 is 0 Å². The van der Waals surface area contributed by atoms with Gasteiger partial charge in [0.05, 0.1) is 6.61 Å². The van der Waals surface area contributed by atoms with Crippen LogP contribution in [0.4, 0.5) is 5.69 Å². The predicted octanol–water partition coefficient (Wildman–Crippen LogP) is 3.34. The summed E-state index contributed by atoms with van der Waals surface area (Å²) in [7, 11) is 0. The minimum atomic E-state index is 0.506. The van der Waals surface area contributed by atoms with Crippen LogP contribution < -0.4 is 15.4 Å². The lowest BCUT2D eigenvalue weighted by molar-refractivity contribution is 0.357. The molecule has 2 unspecified atom stereocenters. The third-order valence-electron chi connectivity index (χ3n) is 4.40. The van der Waals surface area contributed by atoms with Crippen LogP contribution in [0, 0.1) is 0 Å². The summed E-state index contributed by atoms with van der Waals surface area (Å²) in [4.78, 5) is 0. The van der Waals surface area contributed by atoms with Crippen molar-refractivity contribution in [2.75, 3.05) is 18.5 Å². The minimum Gasteiger partial charge on any atom is -0.493 e. The van der Waals surface area contributed by atoms with Crippen LogP contribution in [0.5, 0.6) is 5.75 Å². The van der Waals surface area contributed by atoms with Gasteiger partial charge in [0.2, 0.25) is 0 Å². The van der Waals surface area contributed by atoms with Gasteiger partial charge in [0.15, 0.2) is 0 Å². The molecule has 1 aromatic rings. The lowest BCUT2D eigenvalue weighted by Crippen LogP contribution is -2.33. The lowest BCUT2D eigenvalue weighted by Gasteiger charge is -2.22. The Kier molecular flexibility index (Phi) is 4.46. The molecular formula is C17H26N2O. The third kappa shape index (κ3) is 3.45. The number of hydrogen-bond donors (Lipinski definition) is 2.